The Morgan fingerprint density at radius 2 is 1.97 bits per heavy atom. The van der Waals surface area contributed by atoms with Crippen LogP contribution in [0.2, 0.25) is 0 Å². The summed E-state index contributed by atoms with van der Waals surface area (Å²) >= 11 is 1.55. The number of thiophene rings is 1. The first-order valence-corrected chi connectivity index (χ1v) is 11.0. The molecule has 3 rings (SSSR count). The van der Waals surface area contributed by atoms with Crippen molar-refractivity contribution in [2.45, 2.75) is 38.6 Å². The monoisotopic (exact) mass is 416 g/mol. The molecule has 156 valence electrons. The molecule has 0 radical (unpaired) electrons. The maximum absolute atomic E-state index is 12.8. The lowest BCUT2D eigenvalue weighted by Gasteiger charge is -2.13. The molecule has 0 fully saturated rings. The summed E-state index contributed by atoms with van der Waals surface area (Å²) in [5.41, 5.74) is 2.93. The minimum Gasteiger partial charge on any atom is -0.383 e. The zero-order valence-corrected chi connectivity index (χ0v) is 17.9. The van der Waals surface area contributed by atoms with Crippen LogP contribution < -0.4 is 16.0 Å². The molecule has 6 nitrogen and oxygen atoms in total. The number of nitrogens with one attached hydrogen (secondary N) is 2. The average molecular weight is 417 g/mol. The summed E-state index contributed by atoms with van der Waals surface area (Å²) in [6.07, 6.45) is 4.09. The van der Waals surface area contributed by atoms with E-state index in [0.717, 1.165) is 31.2 Å². The number of hydrogen-bond donors (Lipinski definition) is 3. The van der Waals surface area contributed by atoms with E-state index in [0.29, 0.717) is 30.3 Å². The lowest BCUT2D eigenvalue weighted by atomic mass is 9.95. The van der Waals surface area contributed by atoms with Crippen molar-refractivity contribution in [3.63, 3.8) is 0 Å². The van der Waals surface area contributed by atoms with Gasteiger partial charge in [0, 0.05) is 24.1 Å². The van der Waals surface area contributed by atoms with Gasteiger partial charge in [-0.2, -0.15) is 0 Å². The van der Waals surface area contributed by atoms with Crippen molar-refractivity contribution in [1.29, 1.82) is 0 Å². The zero-order valence-electron chi connectivity index (χ0n) is 17.1. The molecule has 0 spiro atoms. The Kier molecular flexibility index (Phi) is 7.80. The summed E-state index contributed by atoms with van der Waals surface area (Å²) in [5, 5.41) is 8.60. The molecule has 29 heavy (non-hydrogen) atoms. The fraction of sp³-hybridized carbons (Fsp3) is 0.455. The van der Waals surface area contributed by atoms with E-state index in [9.17, 15) is 9.59 Å². The van der Waals surface area contributed by atoms with E-state index < -0.39 is 0 Å². The van der Waals surface area contributed by atoms with Crippen LogP contribution in [0.4, 0.5) is 5.00 Å². The molecule has 4 N–H and O–H groups in total. The summed E-state index contributed by atoms with van der Waals surface area (Å²) in [5.74, 6) is -0.212. The highest BCUT2D eigenvalue weighted by Gasteiger charge is 2.26. The van der Waals surface area contributed by atoms with Crippen LogP contribution in [0.3, 0.4) is 0 Å². The molecule has 7 heteroatoms. The van der Waals surface area contributed by atoms with Crippen LogP contribution in [0.15, 0.2) is 30.3 Å². The second kappa shape index (κ2) is 10.5. The second-order valence-corrected chi connectivity index (χ2v) is 8.46. The number of methoxy groups -OCH3 is 1. The lowest BCUT2D eigenvalue weighted by molar-refractivity contribution is -0.682. The van der Waals surface area contributed by atoms with Gasteiger partial charge in [-0.3, -0.25) is 9.59 Å². The molecule has 1 aliphatic rings. The summed E-state index contributed by atoms with van der Waals surface area (Å²) in [7, 11) is 1.61. The first kappa shape index (κ1) is 21.5. The average Bonchev–Trinajstić information content (AvgIpc) is 3.10. The number of benzene rings is 1. The van der Waals surface area contributed by atoms with Gasteiger partial charge in [0.1, 0.15) is 11.0 Å². The van der Waals surface area contributed by atoms with E-state index in [1.54, 1.807) is 18.4 Å². The van der Waals surface area contributed by atoms with Gasteiger partial charge in [0.15, 0.2) is 6.54 Å². The van der Waals surface area contributed by atoms with Gasteiger partial charge < -0.3 is 20.7 Å². The van der Waals surface area contributed by atoms with Crippen molar-refractivity contribution < 1.29 is 19.6 Å². The second-order valence-electron chi connectivity index (χ2n) is 7.35. The molecular weight excluding hydrogens is 386 g/mol. The number of hydrogen-bond acceptors (Lipinski definition) is 4. The number of rotatable bonds is 9. The maximum Gasteiger partial charge on any atom is 0.280 e. The zero-order chi connectivity index (χ0) is 20.6. The van der Waals surface area contributed by atoms with Crippen LogP contribution >= 0.6 is 11.3 Å². The number of anilines is 1. The Bertz CT molecular complexity index is 835. The summed E-state index contributed by atoms with van der Waals surface area (Å²) in [6.45, 7) is 3.31. The largest absolute Gasteiger partial charge is 0.383 e. The number of nitrogens with two attached hydrogens (primary N) is 1. The molecule has 1 aromatic carbocycles. The Morgan fingerprint density at radius 3 is 2.72 bits per heavy atom. The van der Waals surface area contributed by atoms with Gasteiger partial charge >= 0.3 is 0 Å². The smallest absolute Gasteiger partial charge is 0.280 e. The Hall–Kier alpha value is -2.22. The van der Waals surface area contributed by atoms with E-state index in [2.05, 4.69) is 29.7 Å². The number of carbonyl (C=O) groups excluding carboxylic acids is 2. The van der Waals surface area contributed by atoms with Crippen LogP contribution in [0.1, 0.15) is 52.2 Å². The first-order valence-electron chi connectivity index (χ1n) is 10.2. The number of carbonyl (C=O) groups is 2. The third kappa shape index (κ3) is 5.65. The van der Waals surface area contributed by atoms with Crippen molar-refractivity contribution in [2.75, 3.05) is 32.1 Å². The van der Waals surface area contributed by atoms with Crippen molar-refractivity contribution in [1.82, 2.24) is 5.32 Å². The fourth-order valence-corrected chi connectivity index (χ4v) is 4.91. The van der Waals surface area contributed by atoms with Gasteiger partial charge in [0.2, 0.25) is 0 Å². The molecule has 0 saturated carbocycles. The number of ether oxygens (including phenoxy) is 1. The van der Waals surface area contributed by atoms with Crippen molar-refractivity contribution in [3.8, 4) is 0 Å². The summed E-state index contributed by atoms with van der Waals surface area (Å²) in [6, 6.07) is 10.3. The Balaban J connectivity index is 1.66. The summed E-state index contributed by atoms with van der Waals surface area (Å²) < 4.78 is 5.02. The molecule has 0 bridgehead atoms. The number of amides is 2. The van der Waals surface area contributed by atoms with E-state index in [1.807, 2.05) is 23.5 Å². The minimum atomic E-state index is -0.126. The molecule has 1 aliphatic carbocycles. The van der Waals surface area contributed by atoms with Crippen LogP contribution in [0, 0.1) is 0 Å². The molecular formula is C22H30N3O3S+. The van der Waals surface area contributed by atoms with Crippen molar-refractivity contribution in [2.24, 2.45) is 0 Å². The molecule has 2 amide bonds. The molecule has 0 aliphatic heterocycles. The van der Waals surface area contributed by atoms with Crippen molar-refractivity contribution in [3.05, 3.63) is 51.9 Å². The Morgan fingerprint density at radius 1 is 1.21 bits per heavy atom. The van der Waals surface area contributed by atoms with Crippen LogP contribution in [0.5, 0.6) is 0 Å². The van der Waals surface area contributed by atoms with E-state index in [1.165, 1.54) is 10.4 Å². The number of fused-ring (bicyclic) bond motifs is 1. The van der Waals surface area contributed by atoms with Crippen LogP contribution in [-0.2, 0) is 22.4 Å². The third-order valence-electron chi connectivity index (χ3n) is 5.23. The van der Waals surface area contributed by atoms with Crippen LogP contribution in [-0.4, -0.2) is 38.6 Å². The molecule has 1 atom stereocenters. The third-order valence-corrected chi connectivity index (χ3v) is 6.43. The van der Waals surface area contributed by atoms with Gasteiger partial charge in [-0.15, -0.1) is 11.3 Å². The van der Waals surface area contributed by atoms with E-state index in [-0.39, 0.29) is 17.9 Å². The quantitative estimate of drug-likeness (QED) is 0.548. The highest BCUT2D eigenvalue weighted by atomic mass is 32.1. The number of aryl methyl sites for hydroxylation is 1. The molecule has 1 heterocycles. The van der Waals surface area contributed by atoms with Gasteiger partial charge in [-0.1, -0.05) is 30.3 Å². The molecule has 1 aromatic heterocycles. The van der Waals surface area contributed by atoms with Gasteiger partial charge in [0.05, 0.1) is 12.2 Å². The van der Waals surface area contributed by atoms with E-state index >= 15 is 0 Å². The summed E-state index contributed by atoms with van der Waals surface area (Å²) in [4.78, 5) is 26.6. The number of quaternary nitrogens is 1. The van der Waals surface area contributed by atoms with Gasteiger partial charge in [-0.05, 0) is 38.2 Å². The Labute approximate surface area is 176 Å². The van der Waals surface area contributed by atoms with E-state index in [4.69, 9.17) is 4.74 Å². The van der Waals surface area contributed by atoms with Gasteiger partial charge in [0.25, 0.3) is 11.8 Å². The molecule has 2 aromatic rings. The topological polar surface area (TPSA) is 84.0 Å². The highest BCUT2D eigenvalue weighted by Crippen LogP contribution is 2.38. The first-order chi connectivity index (χ1) is 14.1. The normalized spacial score (nSPS) is 14.1. The van der Waals surface area contributed by atoms with Crippen LogP contribution in [0.25, 0.3) is 0 Å². The van der Waals surface area contributed by atoms with Gasteiger partial charge in [-0.25, -0.2) is 0 Å². The minimum absolute atomic E-state index is 0.0858. The highest BCUT2D eigenvalue weighted by molar-refractivity contribution is 7.17. The maximum atomic E-state index is 12.8. The lowest BCUT2D eigenvalue weighted by Crippen LogP contribution is -2.86. The van der Waals surface area contributed by atoms with Crippen molar-refractivity contribution >= 4 is 28.2 Å². The molecule has 0 unspecified atom stereocenters. The SMILES string of the molecule is COCCNC(=O)c1c(NC(=O)C[NH2+][C@H](C)c2ccccc2)sc2c1CCCC2. The predicted molar refractivity (Wildman–Crippen MR) is 115 cm³/mol. The standard InChI is InChI=1S/C22H29N3O3S/c1-15(16-8-4-3-5-9-16)24-14-19(26)25-22-20(21(27)23-12-13-28-2)17-10-6-7-11-18(17)29-22/h3-5,8-9,15,24H,6-7,10-14H2,1-2H3,(H,23,27)(H,25,26)/p+1/t15-/m1/s1. The fourth-order valence-electron chi connectivity index (χ4n) is 3.60. The predicted octanol–water partition coefficient (Wildman–Crippen LogP) is 2.27. The molecule has 0 saturated heterocycles.